The van der Waals surface area contributed by atoms with E-state index in [2.05, 4.69) is 65.4 Å². The molecule has 19 heavy (non-hydrogen) atoms. The van der Waals surface area contributed by atoms with Gasteiger partial charge in [-0.3, -0.25) is 0 Å². The lowest BCUT2D eigenvalue weighted by molar-refractivity contribution is 0.469. The van der Waals surface area contributed by atoms with Gasteiger partial charge in [-0.1, -0.05) is 28.1 Å². The molecule has 1 aromatic carbocycles. The van der Waals surface area contributed by atoms with Gasteiger partial charge in [0, 0.05) is 26.3 Å². The molecule has 0 saturated carbocycles. The van der Waals surface area contributed by atoms with Crippen molar-refractivity contribution in [1.82, 2.24) is 5.32 Å². The normalized spacial score (nSPS) is 19.4. The molecule has 1 heterocycles. The van der Waals surface area contributed by atoms with Gasteiger partial charge in [-0.2, -0.15) is 0 Å². The highest BCUT2D eigenvalue weighted by Gasteiger charge is 2.25. The average molecular weight is 336 g/mol. The zero-order valence-electron chi connectivity index (χ0n) is 11.2. The number of nitrogens with one attached hydrogen (secondary N) is 1. The maximum Gasteiger partial charge on any atom is 0.0391 e. The van der Waals surface area contributed by atoms with E-state index in [9.17, 15) is 0 Å². The highest BCUT2D eigenvalue weighted by molar-refractivity contribution is 9.10. The quantitative estimate of drug-likeness (QED) is 0.817. The predicted octanol–water partition coefficient (Wildman–Crippen LogP) is 5.16. The lowest BCUT2D eigenvalue weighted by Crippen LogP contribution is -2.22. The second-order valence-corrected chi connectivity index (χ2v) is 7.41. The van der Waals surface area contributed by atoms with Crippen molar-refractivity contribution in [3.63, 3.8) is 0 Å². The minimum Gasteiger partial charge on any atom is -0.303 e. The molecule has 0 amide bonds. The Labute approximate surface area is 127 Å². The van der Waals surface area contributed by atoms with E-state index in [1.807, 2.05) is 11.3 Å². The molecule has 0 bridgehead atoms. The molecule has 0 radical (unpaired) electrons. The first-order valence-electron chi connectivity index (χ1n) is 6.75. The molecule has 0 fully saturated rings. The number of hydrogen-bond donors (Lipinski definition) is 1. The van der Waals surface area contributed by atoms with E-state index in [1.54, 1.807) is 0 Å². The molecular weight excluding hydrogens is 318 g/mol. The zero-order valence-corrected chi connectivity index (χ0v) is 13.6. The third kappa shape index (κ3) is 2.64. The Hall–Kier alpha value is -0.640. The largest absolute Gasteiger partial charge is 0.303 e. The first kappa shape index (κ1) is 13.3. The summed E-state index contributed by atoms with van der Waals surface area (Å²) < 4.78 is 1.26. The summed E-state index contributed by atoms with van der Waals surface area (Å²) in [6.07, 6.45) is 2.37. The molecule has 0 aliphatic heterocycles. The first-order valence-corrected chi connectivity index (χ1v) is 8.36. The van der Waals surface area contributed by atoms with E-state index in [4.69, 9.17) is 0 Å². The average Bonchev–Trinajstić information content (AvgIpc) is 2.98. The highest BCUT2D eigenvalue weighted by atomic mass is 79.9. The third-order valence-corrected chi connectivity index (χ3v) is 5.78. The van der Waals surface area contributed by atoms with Crippen LogP contribution in [-0.2, 0) is 6.42 Å². The SMILES string of the molecule is Cc1ccc(C(C)NC2CCc3c(Br)cccc32)s1. The van der Waals surface area contributed by atoms with E-state index < -0.39 is 0 Å². The molecule has 0 saturated heterocycles. The van der Waals surface area contributed by atoms with Crippen LogP contribution >= 0.6 is 27.3 Å². The summed E-state index contributed by atoms with van der Waals surface area (Å²) in [5.74, 6) is 0. The molecule has 1 aromatic heterocycles. The smallest absolute Gasteiger partial charge is 0.0391 e. The van der Waals surface area contributed by atoms with Crippen molar-refractivity contribution in [3.8, 4) is 0 Å². The minimum absolute atomic E-state index is 0.425. The van der Waals surface area contributed by atoms with Crippen LogP contribution < -0.4 is 5.32 Å². The van der Waals surface area contributed by atoms with Crippen LogP contribution in [0.5, 0.6) is 0 Å². The lowest BCUT2D eigenvalue weighted by Gasteiger charge is -2.19. The van der Waals surface area contributed by atoms with Crippen molar-refractivity contribution in [3.05, 3.63) is 55.7 Å². The van der Waals surface area contributed by atoms with Gasteiger partial charge < -0.3 is 5.32 Å². The fraction of sp³-hybridized carbons (Fsp3) is 0.375. The van der Waals surface area contributed by atoms with Gasteiger partial charge >= 0.3 is 0 Å². The second-order valence-electron chi connectivity index (χ2n) is 5.24. The Morgan fingerprint density at radius 1 is 1.32 bits per heavy atom. The summed E-state index contributed by atoms with van der Waals surface area (Å²) in [5, 5.41) is 3.78. The fourth-order valence-electron chi connectivity index (χ4n) is 2.85. The van der Waals surface area contributed by atoms with E-state index >= 15 is 0 Å². The number of hydrogen-bond acceptors (Lipinski definition) is 2. The van der Waals surface area contributed by atoms with Crippen LogP contribution in [0.2, 0.25) is 0 Å². The summed E-state index contributed by atoms with van der Waals surface area (Å²) in [4.78, 5) is 2.82. The Morgan fingerprint density at radius 2 is 2.16 bits per heavy atom. The maximum atomic E-state index is 3.78. The van der Waals surface area contributed by atoms with Crippen molar-refractivity contribution in [1.29, 1.82) is 0 Å². The van der Waals surface area contributed by atoms with Gasteiger partial charge in [-0.25, -0.2) is 0 Å². The number of halogens is 1. The van der Waals surface area contributed by atoms with Crippen LogP contribution in [0, 0.1) is 6.92 Å². The summed E-state index contributed by atoms with van der Waals surface area (Å²) in [5.41, 5.74) is 2.95. The summed E-state index contributed by atoms with van der Waals surface area (Å²) in [6.45, 7) is 4.43. The molecule has 1 N–H and O–H groups in total. The van der Waals surface area contributed by atoms with Gasteiger partial charge in [0.1, 0.15) is 0 Å². The van der Waals surface area contributed by atoms with Crippen molar-refractivity contribution in [2.75, 3.05) is 0 Å². The maximum absolute atomic E-state index is 3.78. The zero-order chi connectivity index (χ0) is 13.4. The first-order chi connectivity index (χ1) is 9.15. The van der Waals surface area contributed by atoms with Gasteiger partial charge in [0.15, 0.2) is 0 Å². The molecule has 100 valence electrons. The van der Waals surface area contributed by atoms with Crippen LogP contribution in [0.25, 0.3) is 0 Å². The number of rotatable bonds is 3. The Bertz CT molecular complexity index is 590. The predicted molar refractivity (Wildman–Crippen MR) is 85.8 cm³/mol. The molecule has 3 rings (SSSR count). The second kappa shape index (κ2) is 5.39. The van der Waals surface area contributed by atoms with Crippen molar-refractivity contribution >= 4 is 27.3 Å². The van der Waals surface area contributed by atoms with Crippen molar-refractivity contribution in [2.24, 2.45) is 0 Å². The molecule has 0 spiro atoms. The number of benzene rings is 1. The Morgan fingerprint density at radius 3 is 2.89 bits per heavy atom. The van der Waals surface area contributed by atoms with Gasteiger partial charge in [0.2, 0.25) is 0 Å². The van der Waals surface area contributed by atoms with Gasteiger partial charge in [-0.15, -0.1) is 11.3 Å². The number of aryl methyl sites for hydroxylation is 1. The lowest BCUT2D eigenvalue weighted by atomic mass is 10.1. The summed E-state index contributed by atoms with van der Waals surface area (Å²) in [7, 11) is 0. The molecule has 1 nitrogen and oxygen atoms in total. The molecule has 1 aliphatic rings. The third-order valence-electron chi connectivity index (χ3n) is 3.85. The highest BCUT2D eigenvalue weighted by Crippen LogP contribution is 2.37. The topological polar surface area (TPSA) is 12.0 Å². The summed E-state index contributed by atoms with van der Waals surface area (Å²) >= 11 is 5.56. The Kier molecular flexibility index (Phi) is 3.79. The van der Waals surface area contributed by atoms with Crippen molar-refractivity contribution in [2.45, 2.75) is 38.8 Å². The fourth-order valence-corrected chi connectivity index (χ4v) is 4.32. The van der Waals surface area contributed by atoms with Gasteiger partial charge in [0.05, 0.1) is 0 Å². The van der Waals surface area contributed by atoms with Gasteiger partial charge in [-0.05, 0) is 56.0 Å². The van der Waals surface area contributed by atoms with Crippen LogP contribution in [0.15, 0.2) is 34.8 Å². The Balaban J connectivity index is 1.78. The minimum atomic E-state index is 0.425. The number of fused-ring (bicyclic) bond motifs is 1. The van der Waals surface area contributed by atoms with Crippen LogP contribution in [0.3, 0.4) is 0 Å². The summed E-state index contributed by atoms with van der Waals surface area (Å²) in [6, 6.07) is 11.9. The molecule has 2 unspecified atom stereocenters. The van der Waals surface area contributed by atoms with Gasteiger partial charge in [0.25, 0.3) is 0 Å². The number of thiophene rings is 1. The van der Waals surface area contributed by atoms with Crippen LogP contribution in [0.4, 0.5) is 0 Å². The molecular formula is C16H18BrNS. The standard InChI is InChI=1S/C16H18BrNS/c1-10-6-9-16(19-10)11(2)18-15-8-7-12-13(15)4-3-5-14(12)17/h3-6,9,11,15,18H,7-8H2,1-2H3. The molecule has 3 heteroatoms. The van der Waals surface area contributed by atoms with E-state index in [0.717, 1.165) is 0 Å². The molecule has 2 aromatic rings. The van der Waals surface area contributed by atoms with E-state index in [1.165, 1.54) is 38.2 Å². The monoisotopic (exact) mass is 335 g/mol. The molecule has 1 aliphatic carbocycles. The van der Waals surface area contributed by atoms with Crippen LogP contribution in [-0.4, -0.2) is 0 Å². The van der Waals surface area contributed by atoms with Crippen molar-refractivity contribution < 1.29 is 0 Å². The van der Waals surface area contributed by atoms with E-state index in [-0.39, 0.29) is 0 Å². The van der Waals surface area contributed by atoms with Crippen LogP contribution in [0.1, 0.15) is 46.3 Å². The van der Waals surface area contributed by atoms with E-state index in [0.29, 0.717) is 12.1 Å². The molecule has 2 atom stereocenters.